The molecule has 3 heterocycles. The number of hydrogen-bond acceptors (Lipinski definition) is 4. The maximum Gasteiger partial charge on any atom is 0.253 e. The molecule has 2 fully saturated rings. The molecule has 2 aliphatic rings. The first-order valence-electron chi connectivity index (χ1n) is 10.8. The van der Waals surface area contributed by atoms with Crippen LogP contribution in [-0.2, 0) is 4.79 Å². The molecule has 0 unspecified atom stereocenters. The Morgan fingerprint density at radius 3 is 2.45 bits per heavy atom. The van der Waals surface area contributed by atoms with Gasteiger partial charge in [0.15, 0.2) is 0 Å². The van der Waals surface area contributed by atoms with Gasteiger partial charge in [-0.05, 0) is 62.1 Å². The van der Waals surface area contributed by atoms with Crippen molar-refractivity contribution >= 4 is 45.0 Å². The van der Waals surface area contributed by atoms with E-state index in [0.29, 0.717) is 36.5 Å². The third kappa shape index (κ3) is 4.06. The Bertz CT molecular complexity index is 1070. The zero-order chi connectivity index (χ0) is 21.4. The molecule has 2 amide bonds. The van der Waals surface area contributed by atoms with Crippen LogP contribution in [0.15, 0.2) is 48.5 Å². The van der Waals surface area contributed by atoms with Gasteiger partial charge in [-0.1, -0.05) is 23.7 Å². The number of piperidine rings is 1. The Morgan fingerprint density at radius 2 is 1.71 bits per heavy atom. The number of carbonyl (C=O) groups excluding carboxylic acids is 2. The van der Waals surface area contributed by atoms with Crippen LogP contribution in [0.2, 0.25) is 5.02 Å². The molecule has 1 atom stereocenters. The second-order valence-corrected chi connectivity index (χ2v) is 9.78. The molecule has 0 bridgehead atoms. The van der Waals surface area contributed by atoms with Gasteiger partial charge in [-0.15, -0.1) is 11.3 Å². The van der Waals surface area contributed by atoms with E-state index in [1.807, 2.05) is 28.0 Å². The third-order valence-corrected chi connectivity index (χ3v) is 7.74. The van der Waals surface area contributed by atoms with Crippen LogP contribution in [-0.4, -0.2) is 46.2 Å². The van der Waals surface area contributed by atoms with E-state index >= 15 is 0 Å². The normalized spacial score (nSPS) is 19.8. The lowest BCUT2D eigenvalue weighted by Gasteiger charge is -2.34. The van der Waals surface area contributed by atoms with Crippen LogP contribution in [0, 0.1) is 5.92 Å². The zero-order valence-electron chi connectivity index (χ0n) is 17.2. The predicted molar refractivity (Wildman–Crippen MR) is 123 cm³/mol. The average molecular weight is 454 g/mol. The first-order valence-corrected chi connectivity index (χ1v) is 12.0. The molecule has 1 aromatic heterocycles. The molecule has 5 nitrogen and oxygen atoms in total. The van der Waals surface area contributed by atoms with Crippen LogP contribution in [0.5, 0.6) is 0 Å². The second kappa shape index (κ2) is 8.60. The number of likely N-dealkylation sites (tertiary alicyclic amines) is 2. The molecular formula is C24H24ClN3O2S. The first kappa shape index (κ1) is 20.5. The van der Waals surface area contributed by atoms with E-state index in [-0.39, 0.29) is 23.8 Å². The molecule has 0 aliphatic carbocycles. The van der Waals surface area contributed by atoms with E-state index in [4.69, 9.17) is 16.6 Å². The van der Waals surface area contributed by atoms with Crippen molar-refractivity contribution in [3.63, 3.8) is 0 Å². The highest BCUT2D eigenvalue weighted by atomic mass is 35.5. The van der Waals surface area contributed by atoms with Crippen molar-refractivity contribution in [1.29, 1.82) is 0 Å². The molecule has 0 saturated carbocycles. The number of halogens is 1. The molecule has 3 aromatic rings. The summed E-state index contributed by atoms with van der Waals surface area (Å²) in [5.41, 5.74) is 1.65. The topological polar surface area (TPSA) is 53.5 Å². The van der Waals surface area contributed by atoms with E-state index in [0.717, 1.165) is 29.9 Å². The van der Waals surface area contributed by atoms with Gasteiger partial charge in [0, 0.05) is 36.1 Å². The van der Waals surface area contributed by atoms with E-state index in [1.54, 1.807) is 35.6 Å². The van der Waals surface area contributed by atoms with E-state index in [9.17, 15) is 9.59 Å². The van der Waals surface area contributed by atoms with Crippen LogP contribution in [0.1, 0.15) is 47.1 Å². The number of hydrogen-bond donors (Lipinski definition) is 0. The van der Waals surface area contributed by atoms with Crippen molar-refractivity contribution in [3.8, 4) is 0 Å². The lowest BCUT2D eigenvalue weighted by molar-refractivity contribution is -0.137. The van der Waals surface area contributed by atoms with Crippen molar-refractivity contribution in [2.45, 2.75) is 31.7 Å². The van der Waals surface area contributed by atoms with Crippen molar-refractivity contribution in [2.24, 2.45) is 5.92 Å². The molecule has 2 saturated heterocycles. The van der Waals surface area contributed by atoms with Crippen molar-refractivity contribution in [1.82, 2.24) is 14.8 Å². The number of rotatable bonds is 3. The third-order valence-electron chi connectivity index (χ3n) is 6.35. The minimum atomic E-state index is -0.0238. The second-order valence-electron chi connectivity index (χ2n) is 8.28. The Hall–Kier alpha value is -2.44. The van der Waals surface area contributed by atoms with Gasteiger partial charge in [-0.2, -0.15) is 0 Å². The number of aromatic nitrogens is 1. The highest BCUT2D eigenvalue weighted by molar-refractivity contribution is 7.18. The Balaban J connectivity index is 1.24. The summed E-state index contributed by atoms with van der Waals surface area (Å²) in [5, 5.41) is 1.66. The summed E-state index contributed by atoms with van der Waals surface area (Å²) in [6, 6.07) is 15.2. The number of fused-ring (bicyclic) bond motifs is 1. The number of amides is 2. The van der Waals surface area contributed by atoms with Crippen molar-refractivity contribution < 1.29 is 9.59 Å². The van der Waals surface area contributed by atoms with Crippen LogP contribution in [0.25, 0.3) is 10.2 Å². The van der Waals surface area contributed by atoms with Crippen molar-refractivity contribution in [3.05, 3.63) is 64.1 Å². The lowest BCUT2D eigenvalue weighted by Crippen LogP contribution is -2.44. The quantitative estimate of drug-likeness (QED) is 0.550. The van der Waals surface area contributed by atoms with E-state index < -0.39 is 0 Å². The smallest absolute Gasteiger partial charge is 0.253 e. The minimum Gasteiger partial charge on any atom is -0.339 e. The number of carbonyl (C=O) groups is 2. The fraction of sp³-hybridized carbons (Fsp3) is 0.375. The van der Waals surface area contributed by atoms with Gasteiger partial charge in [-0.3, -0.25) is 9.59 Å². The number of para-hydroxylation sites is 1. The van der Waals surface area contributed by atoms with Gasteiger partial charge >= 0.3 is 0 Å². The lowest BCUT2D eigenvalue weighted by atomic mass is 9.94. The highest BCUT2D eigenvalue weighted by Gasteiger charge is 2.37. The SMILES string of the molecule is O=C(c1ccc(Cl)cc1)N1CCC(C(=O)N2CCC[C@H]2c2nc3ccccc3s2)CC1. The zero-order valence-corrected chi connectivity index (χ0v) is 18.7. The van der Waals surface area contributed by atoms with Crippen LogP contribution in [0.4, 0.5) is 0 Å². The Labute approximate surface area is 190 Å². The molecule has 2 aliphatic heterocycles. The summed E-state index contributed by atoms with van der Waals surface area (Å²) in [7, 11) is 0. The number of thiazole rings is 1. The molecular weight excluding hydrogens is 430 g/mol. The fourth-order valence-corrected chi connectivity index (χ4v) is 5.90. The van der Waals surface area contributed by atoms with Gasteiger partial charge in [-0.25, -0.2) is 4.98 Å². The highest BCUT2D eigenvalue weighted by Crippen LogP contribution is 2.38. The summed E-state index contributed by atoms with van der Waals surface area (Å²) >= 11 is 7.62. The fourth-order valence-electron chi connectivity index (χ4n) is 4.66. The summed E-state index contributed by atoms with van der Waals surface area (Å²) in [5.74, 6) is 0.209. The molecule has 0 spiro atoms. The van der Waals surface area contributed by atoms with Gasteiger partial charge < -0.3 is 9.80 Å². The maximum absolute atomic E-state index is 13.4. The molecule has 31 heavy (non-hydrogen) atoms. The number of nitrogens with zero attached hydrogens (tertiary/aromatic N) is 3. The molecule has 160 valence electrons. The van der Waals surface area contributed by atoms with Crippen LogP contribution >= 0.6 is 22.9 Å². The average Bonchev–Trinajstić information content (AvgIpc) is 3.45. The first-order chi connectivity index (χ1) is 15.1. The summed E-state index contributed by atoms with van der Waals surface area (Å²) < 4.78 is 1.17. The summed E-state index contributed by atoms with van der Waals surface area (Å²) in [6.07, 6.45) is 3.40. The standard InChI is InChI=1S/C24H24ClN3O2S/c25-18-9-7-16(8-10-18)23(29)27-14-11-17(12-15-27)24(30)28-13-3-5-20(28)22-26-19-4-1-2-6-21(19)31-22/h1-2,4,6-10,17,20H,3,5,11-15H2/t20-/m0/s1. The monoisotopic (exact) mass is 453 g/mol. The molecule has 2 aromatic carbocycles. The van der Waals surface area contributed by atoms with Gasteiger partial charge in [0.1, 0.15) is 5.01 Å². The Kier molecular flexibility index (Phi) is 5.67. The molecule has 0 N–H and O–H groups in total. The van der Waals surface area contributed by atoms with Crippen LogP contribution in [0.3, 0.4) is 0 Å². The minimum absolute atomic E-state index is 0.0103. The predicted octanol–water partition coefficient (Wildman–Crippen LogP) is 5.17. The molecule has 5 rings (SSSR count). The Morgan fingerprint density at radius 1 is 0.968 bits per heavy atom. The van der Waals surface area contributed by atoms with Gasteiger partial charge in [0.2, 0.25) is 5.91 Å². The molecule has 7 heteroatoms. The largest absolute Gasteiger partial charge is 0.339 e. The summed E-state index contributed by atoms with van der Waals surface area (Å²) in [4.78, 5) is 34.8. The molecule has 0 radical (unpaired) electrons. The van der Waals surface area contributed by atoms with Gasteiger partial charge in [0.25, 0.3) is 5.91 Å². The van der Waals surface area contributed by atoms with Gasteiger partial charge in [0.05, 0.1) is 16.3 Å². The number of benzene rings is 2. The van der Waals surface area contributed by atoms with E-state index in [1.165, 1.54) is 4.70 Å². The maximum atomic E-state index is 13.4. The summed E-state index contributed by atoms with van der Waals surface area (Å²) in [6.45, 7) is 2.01. The van der Waals surface area contributed by atoms with E-state index in [2.05, 4.69) is 6.07 Å². The van der Waals surface area contributed by atoms with Crippen LogP contribution < -0.4 is 0 Å². The van der Waals surface area contributed by atoms with Crippen molar-refractivity contribution in [2.75, 3.05) is 19.6 Å².